The van der Waals surface area contributed by atoms with Gasteiger partial charge in [-0.05, 0) is 56.6 Å². The van der Waals surface area contributed by atoms with Crippen LogP contribution in [0.15, 0.2) is 42.0 Å². The fraction of sp³-hybridized carbons (Fsp3) is 0.615. The van der Waals surface area contributed by atoms with E-state index in [-0.39, 0.29) is 18.3 Å². The van der Waals surface area contributed by atoms with Crippen LogP contribution in [0.5, 0.6) is 0 Å². The summed E-state index contributed by atoms with van der Waals surface area (Å²) < 4.78 is 35.7. The molecule has 2 saturated heterocycles. The van der Waals surface area contributed by atoms with Gasteiger partial charge in [-0.2, -0.15) is 0 Å². The number of esters is 2. The predicted molar refractivity (Wildman–Crippen MR) is 132 cm³/mol. The summed E-state index contributed by atoms with van der Waals surface area (Å²) in [4.78, 5) is 25.4. The normalized spacial score (nSPS) is 26.3. The quantitative estimate of drug-likeness (QED) is 0.287. The molecule has 0 bridgehead atoms. The summed E-state index contributed by atoms with van der Waals surface area (Å²) in [6, 6.07) is 8.70. The molecule has 3 rings (SSSR count). The summed E-state index contributed by atoms with van der Waals surface area (Å²) >= 11 is 0. The molecule has 0 spiro atoms. The summed E-state index contributed by atoms with van der Waals surface area (Å²) in [6.45, 7) is 16.3. The van der Waals surface area contributed by atoms with Crippen molar-refractivity contribution in [3.8, 4) is 0 Å². The Labute approximate surface area is 209 Å². The van der Waals surface area contributed by atoms with Gasteiger partial charge < -0.3 is 28.1 Å². The number of rotatable bonds is 8. The largest absolute Gasteiger partial charge is 0.463 e. The van der Waals surface area contributed by atoms with Crippen LogP contribution in [-0.2, 0) is 32.9 Å². The first-order valence-corrected chi connectivity index (χ1v) is 14.9. The van der Waals surface area contributed by atoms with Crippen molar-refractivity contribution in [1.29, 1.82) is 0 Å². The molecule has 2 aliphatic rings. The third kappa shape index (κ3) is 6.59. The summed E-state index contributed by atoms with van der Waals surface area (Å²) in [5.41, 5.74) is 0.917. The standard InChI is InChI=1S/C26H38O8Si/c1-9-29-19(27)15-18(16-30-35(7,8)25(2,3)4)20-21(22-24(32-20)34-26(5,6)33-22)31-23(28)17-13-11-10-12-14-17/h10-15,20-22,24H,9,16H2,1-8H3/b18-15-/t20-,21+,22-,24-/m1/s1. The Morgan fingerprint density at radius 3 is 2.37 bits per heavy atom. The molecule has 8 nitrogen and oxygen atoms in total. The van der Waals surface area contributed by atoms with E-state index in [0.717, 1.165) is 0 Å². The lowest BCUT2D eigenvalue weighted by molar-refractivity contribution is -0.210. The number of carbonyl (C=O) groups is 2. The van der Waals surface area contributed by atoms with Gasteiger partial charge in [-0.1, -0.05) is 39.0 Å². The first kappa shape index (κ1) is 27.5. The molecule has 35 heavy (non-hydrogen) atoms. The Balaban J connectivity index is 1.92. The van der Waals surface area contributed by atoms with Crippen molar-refractivity contribution in [3.05, 3.63) is 47.5 Å². The summed E-state index contributed by atoms with van der Waals surface area (Å²) in [5, 5.41) is -0.0372. The number of benzene rings is 1. The molecular formula is C26H38O8Si. The molecule has 0 radical (unpaired) electrons. The van der Waals surface area contributed by atoms with E-state index < -0.39 is 50.6 Å². The Bertz CT molecular complexity index is 934. The maximum absolute atomic E-state index is 13.0. The Morgan fingerprint density at radius 1 is 1.11 bits per heavy atom. The fourth-order valence-electron chi connectivity index (χ4n) is 3.69. The van der Waals surface area contributed by atoms with E-state index in [2.05, 4.69) is 33.9 Å². The molecule has 1 aromatic rings. The van der Waals surface area contributed by atoms with Crippen LogP contribution in [0.4, 0.5) is 0 Å². The number of hydrogen-bond donors (Lipinski definition) is 0. The molecule has 9 heteroatoms. The van der Waals surface area contributed by atoms with Crippen LogP contribution >= 0.6 is 0 Å². The molecule has 2 heterocycles. The van der Waals surface area contributed by atoms with Crippen molar-refractivity contribution in [2.45, 2.75) is 90.1 Å². The van der Waals surface area contributed by atoms with E-state index in [0.29, 0.717) is 11.1 Å². The van der Waals surface area contributed by atoms with Crippen LogP contribution in [0.2, 0.25) is 18.1 Å². The highest BCUT2D eigenvalue weighted by molar-refractivity contribution is 6.74. The maximum Gasteiger partial charge on any atom is 0.338 e. The second-order valence-electron chi connectivity index (χ2n) is 10.8. The van der Waals surface area contributed by atoms with Crippen molar-refractivity contribution < 1.29 is 37.7 Å². The molecule has 2 aliphatic heterocycles. The molecule has 1 aromatic carbocycles. The van der Waals surface area contributed by atoms with Gasteiger partial charge >= 0.3 is 11.9 Å². The molecule has 0 N–H and O–H groups in total. The zero-order chi connectivity index (χ0) is 26.0. The van der Waals surface area contributed by atoms with Gasteiger partial charge in [-0.3, -0.25) is 0 Å². The van der Waals surface area contributed by atoms with Crippen molar-refractivity contribution >= 4 is 20.3 Å². The smallest absolute Gasteiger partial charge is 0.338 e. The van der Waals surface area contributed by atoms with Gasteiger partial charge in [0.05, 0.1) is 18.8 Å². The van der Waals surface area contributed by atoms with E-state index in [1.54, 1.807) is 45.0 Å². The lowest BCUT2D eigenvalue weighted by Gasteiger charge is -2.37. The third-order valence-corrected chi connectivity index (χ3v) is 11.1. The van der Waals surface area contributed by atoms with Crippen molar-refractivity contribution in [1.82, 2.24) is 0 Å². The second-order valence-corrected chi connectivity index (χ2v) is 15.6. The van der Waals surface area contributed by atoms with Gasteiger partial charge in [-0.15, -0.1) is 0 Å². The Kier molecular flexibility index (Phi) is 8.28. The highest BCUT2D eigenvalue weighted by atomic mass is 28.4. The molecule has 194 valence electrons. The van der Waals surface area contributed by atoms with Crippen LogP contribution < -0.4 is 0 Å². The maximum atomic E-state index is 13.0. The highest BCUT2D eigenvalue weighted by Crippen LogP contribution is 2.42. The van der Waals surface area contributed by atoms with Crippen LogP contribution in [0.25, 0.3) is 0 Å². The molecule has 0 aromatic heterocycles. The molecule has 4 atom stereocenters. The molecule has 0 aliphatic carbocycles. The van der Waals surface area contributed by atoms with Gasteiger partial charge in [0.15, 0.2) is 32.6 Å². The fourth-order valence-corrected chi connectivity index (χ4v) is 4.65. The van der Waals surface area contributed by atoms with Gasteiger partial charge in [0.25, 0.3) is 0 Å². The van der Waals surface area contributed by atoms with Crippen molar-refractivity contribution in [3.63, 3.8) is 0 Å². The van der Waals surface area contributed by atoms with E-state index >= 15 is 0 Å². The monoisotopic (exact) mass is 506 g/mol. The molecule has 0 unspecified atom stereocenters. The minimum Gasteiger partial charge on any atom is -0.463 e. The van der Waals surface area contributed by atoms with E-state index in [1.807, 2.05) is 6.07 Å². The number of ether oxygens (including phenoxy) is 5. The lowest BCUT2D eigenvalue weighted by atomic mass is 10.0. The van der Waals surface area contributed by atoms with Gasteiger partial charge in [0.1, 0.15) is 6.10 Å². The van der Waals surface area contributed by atoms with E-state index in [9.17, 15) is 9.59 Å². The summed E-state index contributed by atoms with van der Waals surface area (Å²) in [5.74, 6) is -1.93. The first-order valence-electron chi connectivity index (χ1n) is 12.0. The van der Waals surface area contributed by atoms with Gasteiger partial charge in [-0.25, -0.2) is 9.59 Å². The number of fused-ring (bicyclic) bond motifs is 1. The predicted octanol–water partition coefficient (Wildman–Crippen LogP) is 4.60. The number of hydrogen-bond acceptors (Lipinski definition) is 8. The minimum absolute atomic E-state index is 0.0372. The molecule has 0 amide bonds. The van der Waals surface area contributed by atoms with Crippen LogP contribution in [0.1, 0.15) is 51.9 Å². The average Bonchev–Trinajstić information content (AvgIpc) is 3.23. The summed E-state index contributed by atoms with van der Waals surface area (Å²) in [7, 11) is -2.16. The van der Waals surface area contributed by atoms with Crippen molar-refractivity contribution in [2.24, 2.45) is 0 Å². The summed E-state index contributed by atoms with van der Waals surface area (Å²) in [6.07, 6.45) is -1.71. The first-order chi connectivity index (χ1) is 16.2. The SMILES string of the molecule is CCOC(=O)/C=C(/CO[Si](C)(C)C(C)(C)C)[C@H]1O[C@@H]2OC(C)(C)O[C@@H]2[C@H]1OC(=O)c1ccccc1. The second kappa shape index (κ2) is 10.5. The Morgan fingerprint density at radius 2 is 1.77 bits per heavy atom. The molecular weight excluding hydrogens is 468 g/mol. The van der Waals surface area contributed by atoms with Crippen LogP contribution in [-0.4, -0.2) is 63.9 Å². The van der Waals surface area contributed by atoms with E-state index in [4.69, 9.17) is 28.1 Å². The average molecular weight is 507 g/mol. The number of carbonyl (C=O) groups excluding carboxylic acids is 2. The molecule has 2 fully saturated rings. The van der Waals surface area contributed by atoms with E-state index in [1.165, 1.54) is 6.08 Å². The third-order valence-electron chi connectivity index (χ3n) is 6.60. The zero-order valence-corrected chi connectivity index (χ0v) is 23.0. The van der Waals surface area contributed by atoms with Crippen molar-refractivity contribution in [2.75, 3.05) is 13.2 Å². The zero-order valence-electron chi connectivity index (χ0n) is 22.0. The topological polar surface area (TPSA) is 89.5 Å². The minimum atomic E-state index is -2.16. The van der Waals surface area contributed by atoms with Gasteiger partial charge in [0.2, 0.25) is 0 Å². The van der Waals surface area contributed by atoms with Crippen LogP contribution in [0, 0.1) is 0 Å². The van der Waals surface area contributed by atoms with Crippen LogP contribution in [0.3, 0.4) is 0 Å². The highest BCUT2D eigenvalue weighted by Gasteiger charge is 2.57. The Hall–Kier alpha value is -2.04. The lowest BCUT2D eigenvalue weighted by Crippen LogP contribution is -2.44. The molecule has 0 saturated carbocycles. The van der Waals surface area contributed by atoms with Gasteiger partial charge in [0, 0.05) is 6.08 Å².